The van der Waals surface area contributed by atoms with Crippen molar-refractivity contribution in [2.75, 3.05) is 18.6 Å². The quantitative estimate of drug-likeness (QED) is 0.564. The molecule has 0 aliphatic carbocycles. The summed E-state index contributed by atoms with van der Waals surface area (Å²) in [5, 5.41) is 0. The van der Waals surface area contributed by atoms with Gasteiger partial charge in [0.15, 0.2) is 0 Å². The van der Waals surface area contributed by atoms with Crippen molar-refractivity contribution < 1.29 is 4.74 Å². The second-order valence-corrected chi connectivity index (χ2v) is 5.68. The van der Waals surface area contributed by atoms with Crippen LogP contribution in [0, 0.1) is 0 Å². The lowest BCUT2D eigenvalue weighted by molar-refractivity contribution is 0.336. The van der Waals surface area contributed by atoms with Crippen LogP contribution in [-0.2, 0) is 0 Å². The molecule has 0 aliphatic heterocycles. The minimum absolute atomic E-state index is 0.733. The second-order valence-electron chi connectivity index (χ2n) is 3.66. The van der Waals surface area contributed by atoms with Gasteiger partial charge in [0, 0.05) is 15.5 Å². The van der Waals surface area contributed by atoms with Crippen LogP contribution in [0.15, 0.2) is 64.4 Å². The molecule has 0 saturated heterocycles. The molecule has 0 radical (unpaired) electrons. The Bertz CT molecular complexity index is 471. The molecule has 2 aromatic carbocycles. The molecule has 0 atom stereocenters. The zero-order chi connectivity index (χ0) is 12.6. The second kappa shape index (κ2) is 7.39. The highest BCUT2D eigenvalue weighted by atomic mass is 32.2. The van der Waals surface area contributed by atoms with E-state index < -0.39 is 0 Å². The molecule has 0 saturated carbocycles. The van der Waals surface area contributed by atoms with Crippen molar-refractivity contribution in [3.63, 3.8) is 0 Å². The predicted molar refractivity (Wildman–Crippen MR) is 80.9 cm³/mol. The molecule has 3 heteroatoms. The average Bonchev–Trinajstić information content (AvgIpc) is 2.45. The lowest BCUT2D eigenvalue weighted by Crippen LogP contribution is -2.00. The van der Waals surface area contributed by atoms with Crippen molar-refractivity contribution in [1.29, 1.82) is 0 Å². The van der Waals surface area contributed by atoms with E-state index in [2.05, 4.69) is 36.6 Å². The van der Waals surface area contributed by atoms with Gasteiger partial charge in [-0.25, -0.2) is 0 Å². The fourth-order valence-corrected chi connectivity index (χ4v) is 2.86. The number of thioether (sulfide) groups is 2. The summed E-state index contributed by atoms with van der Waals surface area (Å²) in [6, 6.07) is 18.6. The third-order valence-electron chi connectivity index (χ3n) is 2.42. The first-order valence-corrected chi connectivity index (χ1v) is 8.05. The van der Waals surface area contributed by atoms with Gasteiger partial charge in [-0.15, -0.1) is 23.5 Å². The Morgan fingerprint density at radius 2 is 1.67 bits per heavy atom. The monoisotopic (exact) mass is 276 g/mol. The van der Waals surface area contributed by atoms with Crippen LogP contribution in [-0.4, -0.2) is 18.6 Å². The van der Waals surface area contributed by atoms with Gasteiger partial charge in [0.1, 0.15) is 5.75 Å². The Labute approximate surface area is 117 Å². The molecule has 0 spiro atoms. The number of benzene rings is 2. The van der Waals surface area contributed by atoms with Crippen molar-refractivity contribution in [1.82, 2.24) is 0 Å². The maximum Gasteiger partial charge on any atom is 0.132 e. The summed E-state index contributed by atoms with van der Waals surface area (Å²) >= 11 is 3.54. The minimum Gasteiger partial charge on any atom is -0.492 e. The van der Waals surface area contributed by atoms with Crippen LogP contribution in [0.3, 0.4) is 0 Å². The molecule has 0 unspecified atom stereocenters. The molecule has 0 aromatic heterocycles. The first kappa shape index (κ1) is 13.4. The van der Waals surface area contributed by atoms with E-state index in [1.807, 2.05) is 36.0 Å². The maximum atomic E-state index is 5.81. The Hall–Kier alpha value is -1.06. The molecule has 0 amide bonds. The molecule has 0 heterocycles. The van der Waals surface area contributed by atoms with Crippen molar-refractivity contribution in [2.24, 2.45) is 0 Å². The Kier molecular flexibility index (Phi) is 5.49. The van der Waals surface area contributed by atoms with Gasteiger partial charge >= 0.3 is 0 Å². The predicted octanol–water partition coefficient (Wildman–Crippen LogP) is 4.58. The van der Waals surface area contributed by atoms with E-state index in [1.165, 1.54) is 9.79 Å². The number of hydrogen-bond acceptors (Lipinski definition) is 3. The van der Waals surface area contributed by atoms with Gasteiger partial charge in [-0.1, -0.05) is 30.3 Å². The van der Waals surface area contributed by atoms with Crippen molar-refractivity contribution in [3.8, 4) is 5.75 Å². The molecule has 18 heavy (non-hydrogen) atoms. The summed E-state index contributed by atoms with van der Waals surface area (Å²) in [5.74, 6) is 1.95. The van der Waals surface area contributed by atoms with Gasteiger partial charge in [0.05, 0.1) is 6.61 Å². The zero-order valence-electron chi connectivity index (χ0n) is 10.3. The van der Waals surface area contributed by atoms with Crippen LogP contribution < -0.4 is 4.74 Å². The molecule has 1 nitrogen and oxygen atoms in total. The van der Waals surface area contributed by atoms with E-state index in [1.54, 1.807) is 11.8 Å². The zero-order valence-corrected chi connectivity index (χ0v) is 12.0. The maximum absolute atomic E-state index is 5.81. The highest BCUT2D eigenvalue weighted by Crippen LogP contribution is 2.27. The summed E-state index contributed by atoms with van der Waals surface area (Å²) in [6.45, 7) is 0.733. The van der Waals surface area contributed by atoms with Gasteiger partial charge in [0.25, 0.3) is 0 Å². The SMILES string of the molecule is CSc1ccccc1OCCSc1ccccc1. The Morgan fingerprint density at radius 3 is 2.44 bits per heavy atom. The highest BCUT2D eigenvalue weighted by molar-refractivity contribution is 7.99. The molecule has 2 aromatic rings. The van der Waals surface area contributed by atoms with Crippen LogP contribution in [0.5, 0.6) is 5.75 Å². The molecule has 0 fully saturated rings. The third-order valence-corrected chi connectivity index (χ3v) is 4.18. The van der Waals surface area contributed by atoms with Crippen LogP contribution in [0.1, 0.15) is 0 Å². The third kappa shape index (κ3) is 4.00. The largest absolute Gasteiger partial charge is 0.492 e. The number of rotatable bonds is 6. The standard InChI is InChI=1S/C15H16OS2/c1-17-15-10-6-5-9-14(15)16-11-12-18-13-7-3-2-4-8-13/h2-10H,11-12H2,1H3. The van der Waals surface area contributed by atoms with Gasteiger partial charge in [-0.05, 0) is 30.5 Å². The van der Waals surface area contributed by atoms with Crippen LogP contribution in [0.25, 0.3) is 0 Å². The summed E-state index contributed by atoms with van der Waals surface area (Å²) in [6.07, 6.45) is 2.07. The molecular weight excluding hydrogens is 260 g/mol. The van der Waals surface area contributed by atoms with Crippen LogP contribution >= 0.6 is 23.5 Å². The molecule has 0 bridgehead atoms. The van der Waals surface area contributed by atoms with Gasteiger partial charge in [-0.3, -0.25) is 0 Å². The van der Waals surface area contributed by atoms with Crippen LogP contribution in [0.2, 0.25) is 0 Å². The lowest BCUT2D eigenvalue weighted by atomic mass is 10.3. The normalized spacial score (nSPS) is 10.3. The first-order chi connectivity index (χ1) is 8.90. The van der Waals surface area contributed by atoms with E-state index in [0.717, 1.165) is 18.1 Å². The summed E-state index contributed by atoms with van der Waals surface area (Å²) in [7, 11) is 0. The number of para-hydroxylation sites is 1. The van der Waals surface area contributed by atoms with Gasteiger partial charge in [0.2, 0.25) is 0 Å². The van der Waals surface area contributed by atoms with Crippen LogP contribution in [0.4, 0.5) is 0 Å². The van der Waals surface area contributed by atoms with E-state index >= 15 is 0 Å². The number of hydrogen-bond donors (Lipinski definition) is 0. The molecule has 2 rings (SSSR count). The first-order valence-electron chi connectivity index (χ1n) is 5.84. The lowest BCUT2D eigenvalue weighted by Gasteiger charge is -2.09. The summed E-state index contributed by atoms with van der Waals surface area (Å²) in [5.41, 5.74) is 0. The summed E-state index contributed by atoms with van der Waals surface area (Å²) in [4.78, 5) is 2.49. The Morgan fingerprint density at radius 1 is 0.944 bits per heavy atom. The highest BCUT2D eigenvalue weighted by Gasteiger charge is 2.01. The average molecular weight is 276 g/mol. The molecule has 0 N–H and O–H groups in total. The smallest absolute Gasteiger partial charge is 0.132 e. The fourth-order valence-electron chi connectivity index (χ4n) is 1.57. The topological polar surface area (TPSA) is 9.23 Å². The Balaban J connectivity index is 1.78. The molecular formula is C15H16OS2. The molecule has 94 valence electrons. The van der Waals surface area contributed by atoms with Crippen molar-refractivity contribution >= 4 is 23.5 Å². The van der Waals surface area contributed by atoms with Gasteiger partial charge < -0.3 is 4.74 Å². The minimum atomic E-state index is 0.733. The molecule has 0 aliphatic rings. The van der Waals surface area contributed by atoms with Crippen molar-refractivity contribution in [2.45, 2.75) is 9.79 Å². The van der Waals surface area contributed by atoms with E-state index in [-0.39, 0.29) is 0 Å². The van der Waals surface area contributed by atoms with Crippen molar-refractivity contribution in [3.05, 3.63) is 54.6 Å². The van der Waals surface area contributed by atoms with E-state index in [9.17, 15) is 0 Å². The fraction of sp³-hybridized carbons (Fsp3) is 0.200. The number of ether oxygens (including phenoxy) is 1. The summed E-state index contributed by atoms with van der Waals surface area (Å²) < 4.78 is 5.81. The van der Waals surface area contributed by atoms with E-state index in [4.69, 9.17) is 4.74 Å². The van der Waals surface area contributed by atoms with E-state index in [0.29, 0.717) is 0 Å². The van der Waals surface area contributed by atoms with Gasteiger partial charge in [-0.2, -0.15) is 0 Å².